The van der Waals surface area contributed by atoms with E-state index in [1.165, 1.54) is 30.6 Å². The first-order valence-corrected chi connectivity index (χ1v) is 8.60. The van der Waals surface area contributed by atoms with Crippen molar-refractivity contribution in [1.29, 1.82) is 0 Å². The summed E-state index contributed by atoms with van der Waals surface area (Å²) in [5, 5.41) is 3.92. The second-order valence-electron chi connectivity index (χ2n) is 5.08. The van der Waals surface area contributed by atoms with Crippen LogP contribution in [0.5, 0.6) is 0 Å². The Labute approximate surface area is 134 Å². The quantitative estimate of drug-likeness (QED) is 0.736. The van der Waals surface area contributed by atoms with Gasteiger partial charge in [0.1, 0.15) is 5.82 Å². The molecule has 0 saturated heterocycles. The average Bonchev–Trinajstić information content (AvgIpc) is 3.06. The summed E-state index contributed by atoms with van der Waals surface area (Å²) in [6, 6.07) is 12.9. The molecule has 3 aromatic rings. The first-order valence-electron chi connectivity index (χ1n) is 7.16. The SMILES string of the molecule is CCc1ccc(-c2cnn(S(=O)(=O)c3ccccc3)c2)cc1F. The Hall–Kier alpha value is -2.47. The van der Waals surface area contributed by atoms with Crippen molar-refractivity contribution in [3.8, 4) is 11.1 Å². The van der Waals surface area contributed by atoms with Gasteiger partial charge in [-0.15, -0.1) is 0 Å². The summed E-state index contributed by atoms with van der Waals surface area (Å²) in [5.41, 5.74) is 1.76. The highest BCUT2D eigenvalue weighted by molar-refractivity contribution is 7.89. The summed E-state index contributed by atoms with van der Waals surface area (Å²) in [6.45, 7) is 1.88. The smallest absolute Gasteiger partial charge is 0.207 e. The summed E-state index contributed by atoms with van der Waals surface area (Å²) in [7, 11) is -3.74. The molecule has 0 aliphatic heterocycles. The van der Waals surface area contributed by atoms with E-state index in [1.54, 1.807) is 30.3 Å². The van der Waals surface area contributed by atoms with Crippen molar-refractivity contribution >= 4 is 10.0 Å². The number of rotatable bonds is 4. The maximum absolute atomic E-state index is 13.9. The third kappa shape index (κ3) is 2.90. The molecule has 6 heteroatoms. The molecule has 0 aliphatic rings. The molecule has 0 atom stereocenters. The van der Waals surface area contributed by atoms with E-state index in [1.807, 2.05) is 6.92 Å². The van der Waals surface area contributed by atoms with Crippen LogP contribution in [0, 0.1) is 5.82 Å². The number of hydrogen-bond acceptors (Lipinski definition) is 3. The molecule has 1 aromatic heterocycles. The molecule has 2 aromatic carbocycles. The van der Waals surface area contributed by atoms with Crippen LogP contribution in [-0.2, 0) is 16.4 Å². The van der Waals surface area contributed by atoms with Crippen molar-refractivity contribution in [3.05, 3.63) is 72.3 Å². The van der Waals surface area contributed by atoms with Crippen LogP contribution >= 0.6 is 0 Å². The summed E-state index contributed by atoms with van der Waals surface area (Å²) < 4.78 is 39.7. The predicted octanol–water partition coefficient (Wildman–Crippen LogP) is 3.49. The molecule has 118 valence electrons. The van der Waals surface area contributed by atoms with Crippen molar-refractivity contribution in [3.63, 3.8) is 0 Å². The van der Waals surface area contributed by atoms with Gasteiger partial charge in [-0.3, -0.25) is 0 Å². The maximum Gasteiger partial charge on any atom is 0.282 e. The molecule has 0 radical (unpaired) electrons. The highest BCUT2D eigenvalue weighted by atomic mass is 32.2. The zero-order valence-electron chi connectivity index (χ0n) is 12.5. The Balaban J connectivity index is 1.99. The summed E-state index contributed by atoms with van der Waals surface area (Å²) >= 11 is 0. The lowest BCUT2D eigenvalue weighted by Gasteiger charge is -2.04. The zero-order chi connectivity index (χ0) is 16.4. The van der Waals surface area contributed by atoms with Crippen molar-refractivity contribution < 1.29 is 12.8 Å². The van der Waals surface area contributed by atoms with Crippen LogP contribution in [0.4, 0.5) is 4.39 Å². The van der Waals surface area contributed by atoms with E-state index in [4.69, 9.17) is 0 Å². The molecule has 0 amide bonds. The van der Waals surface area contributed by atoms with E-state index in [0.29, 0.717) is 23.1 Å². The Bertz CT molecular complexity index is 934. The van der Waals surface area contributed by atoms with Gasteiger partial charge in [0, 0.05) is 5.56 Å². The number of nitrogens with zero attached hydrogens (tertiary/aromatic N) is 2. The van der Waals surface area contributed by atoms with E-state index in [0.717, 1.165) is 4.09 Å². The largest absolute Gasteiger partial charge is 0.282 e. The minimum Gasteiger partial charge on any atom is -0.207 e. The fraction of sp³-hybridized carbons (Fsp3) is 0.118. The molecule has 0 bridgehead atoms. The van der Waals surface area contributed by atoms with Gasteiger partial charge in [0.2, 0.25) is 0 Å². The van der Waals surface area contributed by atoms with Crippen molar-refractivity contribution in [2.75, 3.05) is 0 Å². The lowest BCUT2D eigenvalue weighted by molar-refractivity contribution is 0.580. The van der Waals surface area contributed by atoms with Gasteiger partial charge in [0.15, 0.2) is 0 Å². The molecule has 0 spiro atoms. The summed E-state index contributed by atoms with van der Waals surface area (Å²) in [6.07, 6.45) is 3.41. The molecule has 3 rings (SSSR count). The van der Waals surface area contributed by atoms with Gasteiger partial charge in [-0.1, -0.05) is 37.3 Å². The number of hydrogen-bond donors (Lipinski definition) is 0. The van der Waals surface area contributed by atoms with Crippen LogP contribution in [-0.4, -0.2) is 17.6 Å². The third-order valence-corrected chi connectivity index (χ3v) is 5.17. The second kappa shape index (κ2) is 5.96. The maximum atomic E-state index is 13.9. The Morgan fingerprint density at radius 3 is 2.48 bits per heavy atom. The van der Waals surface area contributed by atoms with Gasteiger partial charge in [-0.2, -0.15) is 17.6 Å². The molecule has 0 unspecified atom stereocenters. The molecule has 1 heterocycles. The highest BCUT2D eigenvalue weighted by Gasteiger charge is 2.18. The monoisotopic (exact) mass is 330 g/mol. The topological polar surface area (TPSA) is 52.0 Å². The number of aryl methyl sites for hydroxylation is 1. The third-order valence-electron chi connectivity index (χ3n) is 3.61. The van der Waals surface area contributed by atoms with Gasteiger partial charge < -0.3 is 0 Å². The van der Waals surface area contributed by atoms with Gasteiger partial charge in [0.05, 0.1) is 17.3 Å². The molecule has 23 heavy (non-hydrogen) atoms. The zero-order valence-corrected chi connectivity index (χ0v) is 13.3. The van der Waals surface area contributed by atoms with Crippen molar-refractivity contribution in [2.45, 2.75) is 18.2 Å². The van der Waals surface area contributed by atoms with Gasteiger partial charge in [-0.25, -0.2) is 4.39 Å². The second-order valence-corrected chi connectivity index (χ2v) is 6.88. The summed E-state index contributed by atoms with van der Waals surface area (Å²) in [4.78, 5) is 0.155. The number of halogens is 1. The van der Waals surface area contributed by atoms with Gasteiger partial charge >= 0.3 is 0 Å². The van der Waals surface area contributed by atoms with Crippen LogP contribution in [0.3, 0.4) is 0 Å². The minimum atomic E-state index is -3.74. The molecule has 0 saturated carbocycles. The highest BCUT2D eigenvalue weighted by Crippen LogP contribution is 2.23. The fourth-order valence-corrected chi connectivity index (χ4v) is 3.44. The molecule has 4 nitrogen and oxygen atoms in total. The van der Waals surface area contributed by atoms with Crippen LogP contribution < -0.4 is 0 Å². The molecule has 0 N–H and O–H groups in total. The van der Waals surface area contributed by atoms with E-state index in [9.17, 15) is 12.8 Å². The van der Waals surface area contributed by atoms with Crippen LogP contribution in [0.15, 0.2) is 65.8 Å². The van der Waals surface area contributed by atoms with Gasteiger partial charge in [-0.05, 0) is 35.7 Å². The summed E-state index contributed by atoms with van der Waals surface area (Å²) in [5.74, 6) is -0.302. The molecular weight excluding hydrogens is 315 g/mol. The fourth-order valence-electron chi connectivity index (χ4n) is 2.30. The van der Waals surface area contributed by atoms with E-state index < -0.39 is 10.0 Å². The number of aromatic nitrogens is 2. The first kappa shape index (κ1) is 15.4. The van der Waals surface area contributed by atoms with Crippen LogP contribution in [0.25, 0.3) is 11.1 Å². The standard InChI is InChI=1S/C17H15FN2O2S/c1-2-13-8-9-14(10-17(13)18)15-11-19-20(12-15)23(21,22)16-6-4-3-5-7-16/h3-12H,2H2,1H3. The van der Waals surface area contributed by atoms with Crippen molar-refractivity contribution in [1.82, 2.24) is 9.19 Å². The van der Waals surface area contributed by atoms with E-state index >= 15 is 0 Å². The van der Waals surface area contributed by atoms with E-state index in [2.05, 4.69) is 5.10 Å². The van der Waals surface area contributed by atoms with Crippen LogP contribution in [0.2, 0.25) is 0 Å². The predicted molar refractivity (Wildman–Crippen MR) is 86.0 cm³/mol. The molecule has 0 fully saturated rings. The van der Waals surface area contributed by atoms with Crippen molar-refractivity contribution in [2.24, 2.45) is 0 Å². The first-order chi connectivity index (χ1) is 11.0. The normalized spacial score (nSPS) is 11.6. The number of benzene rings is 2. The Morgan fingerprint density at radius 1 is 1.09 bits per heavy atom. The Kier molecular flexibility index (Phi) is 4.00. The Morgan fingerprint density at radius 2 is 1.83 bits per heavy atom. The lowest BCUT2D eigenvalue weighted by atomic mass is 10.1. The lowest BCUT2D eigenvalue weighted by Crippen LogP contribution is -2.13. The van der Waals surface area contributed by atoms with Crippen LogP contribution in [0.1, 0.15) is 12.5 Å². The minimum absolute atomic E-state index is 0.155. The van der Waals surface area contributed by atoms with Gasteiger partial charge in [0.25, 0.3) is 10.0 Å². The molecule has 0 aliphatic carbocycles. The molecular formula is C17H15FN2O2S. The van der Waals surface area contributed by atoms with E-state index in [-0.39, 0.29) is 10.7 Å². The average molecular weight is 330 g/mol.